The first-order valence-corrected chi connectivity index (χ1v) is 4.61. The van der Waals surface area contributed by atoms with Gasteiger partial charge in [-0.1, -0.05) is 5.16 Å². The maximum Gasteiger partial charge on any atom is 0.272 e. The highest BCUT2D eigenvalue weighted by molar-refractivity contribution is 5.52. The molecule has 0 N–H and O–H groups in total. The topological polar surface area (TPSA) is 51.8 Å². The van der Waals surface area contributed by atoms with Crippen molar-refractivity contribution in [3.63, 3.8) is 0 Å². The molecule has 0 saturated carbocycles. The average molecular weight is 225 g/mol. The smallest absolute Gasteiger partial charge is 0.272 e. The van der Waals surface area contributed by atoms with Crippen molar-refractivity contribution < 1.29 is 13.3 Å². The third-order valence-corrected chi connectivity index (χ3v) is 2.02. The van der Waals surface area contributed by atoms with Gasteiger partial charge in [-0.15, -0.1) is 0 Å². The molecule has 2 aromatic heterocycles. The van der Waals surface area contributed by atoms with Gasteiger partial charge in [0.25, 0.3) is 11.8 Å². The summed E-state index contributed by atoms with van der Waals surface area (Å²) in [5, 5.41) is 3.58. The van der Waals surface area contributed by atoms with Gasteiger partial charge < -0.3 is 4.52 Å². The summed E-state index contributed by atoms with van der Waals surface area (Å²) in [6.45, 7) is 2.46. The number of halogens is 2. The van der Waals surface area contributed by atoms with Crippen LogP contribution in [0.4, 0.5) is 8.78 Å². The largest absolute Gasteiger partial charge is 0.334 e. The fraction of sp³-hybridized carbons (Fsp3) is 0.300. The lowest BCUT2D eigenvalue weighted by Crippen LogP contribution is -2.07. The van der Waals surface area contributed by atoms with E-state index in [1.165, 1.54) is 12.3 Å². The normalized spacial score (nSPS) is 11.8. The minimum Gasteiger partial charge on any atom is -0.334 e. The number of hydrogen-bond acceptors (Lipinski definition) is 4. The van der Waals surface area contributed by atoms with Crippen LogP contribution >= 0.6 is 0 Å². The van der Waals surface area contributed by atoms with Crippen LogP contribution in [0, 0.1) is 6.92 Å². The van der Waals surface area contributed by atoms with Gasteiger partial charge in [0.2, 0.25) is 0 Å². The number of aryl methyl sites for hydroxylation is 1. The van der Waals surface area contributed by atoms with Crippen LogP contribution in [-0.2, 0) is 5.92 Å². The van der Waals surface area contributed by atoms with Gasteiger partial charge in [0.05, 0.1) is 5.56 Å². The highest BCUT2D eigenvalue weighted by Gasteiger charge is 2.25. The molecule has 0 amide bonds. The molecule has 0 spiro atoms. The van der Waals surface area contributed by atoms with Crippen LogP contribution in [-0.4, -0.2) is 15.1 Å². The van der Waals surface area contributed by atoms with E-state index in [2.05, 4.69) is 15.1 Å². The summed E-state index contributed by atoms with van der Waals surface area (Å²) in [7, 11) is 0. The molecule has 0 bridgehead atoms. The van der Waals surface area contributed by atoms with Gasteiger partial charge in [0.15, 0.2) is 5.82 Å². The monoisotopic (exact) mass is 225 g/mol. The molecule has 6 heteroatoms. The molecule has 84 valence electrons. The minimum atomic E-state index is -2.93. The Kier molecular flexibility index (Phi) is 2.41. The molecule has 0 atom stereocenters. The van der Waals surface area contributed by atoms with Crippen LogP contribution in [0.25, 0.3) is 11.5 Å². The van der Waals surface area contributed by atoms with Gasteiger partial charge in [0, 0.05) is 24.9 Å². The molecule has 0 aliphatic carbocycles. The Morgan fingerprint density at radius 2 is 2.06 bits per heavy atom. The highest BCUT2D eigenvalue weighted by Crippen LogP contribution is 2.28. The van der Waals surface area contributed by atoms with E-state index in [9.17, 15) is 8.78 Å². The number of hydrogen-bond donors (Lipinski definition) is 0. The van der Waals surface area contributed by atoms with Crippen LogP contribution in [0.5, 0.6) is 0 Å². The van der Waals surface area contributed by atoms with Crippen LogP contribution in [0.2, 0.25) is 0 Å². The maximum atomic E-state index is 13.0. The van der Waals surface area contributed by atoms with E-state index in [-0.39, 0.29) is 11.5 Å². The fourth-order valence-corrected chi connectivity index (χ4v) is 1.21. The van der Waals surface area contributed by atoms with Gasteiger partial charge in [-0.05, 0) is 13.0 Å². The van der Waals surface area contributed by atoms with Crippen LogP contribution in [0.15, 0.2) is 23.0 Å². The molecule has 0 aliphatic heterocycles. The zero-order valence-corrected chi connectivity index (χ0v) is 8.74. The zero-order chi connectivity index (χ0) is 11.8. The summed E-state index contributed by atoms with van der Waals surface area (Å²) in [6.07, 6.45) is 2.52. The standard InChI is InChI=1S/C10H9F2N3O/c1-6-14-9(16-15-6)7-3-8(5-13-4-7)10(2,11)12/h3-5H,1-2H3. The summed E-state index contributed by atoms with van der Waals surface area (Å²) in [5.41, 5.74) is 0.209. The number of rotatable bonds is 2. The van der Waals surface area contributed by atoms with E-state index < -0.39 is 5.92 Å². The lowest BCUT2D eigenvalue weighted by Gasteiger charge is -2.09. The first-order valence-electron chi connectivity index (χ1n) is 4.61. The van der Waals surface area contributed by atoms with Crippen molar-refractivity contribution in [1.82, 2.24) is 15.1 Å². The van der Waals surface area contributed by atoms with Crippen LogP contribution < -0.4 is 0 Å². The summed E-state index contributed by atoms with van der Waals surface area (Å²) in [4.78, 5) is 7.67. The predicted octanol–water partition coefficient (Wildman–Crippen LogP) is 2.55. The van der Waals surface area contributed by atoms with E-state index >= 15 is 0 Å². The quantitative estimate of drug-likeness (QED) is 0.788. The summed E-state index contributed by atoms with van der Waals surface area (Å²) >= 11 is 0. The zero-order valence-electron chi connectivity index (χ0n) is 8.74. The van der Waals surface area contributed by atoms with E-state index in [1.54, 1.807) is 6.92 Å². The molecule has 2 heterocycles. The molecule has 0 unspecified atom stereocenters. The van der Waals surface area contributed by atoms with Crippen molar-refractivity contribution in [1.29, 1.82) is 0 Å². The SMILES string of the molecule is Cc1noc(-c2cncc(C(C)(F)F)c2)n1. The number of pyridine rings is 1. The first kappa shape index (κ1) is 10.7. The van der Waals surface area contributed by atoms with E-state index in [4.69, 9.17) is 4.52 Å². The second-order valence-electron chi connectivity index (χ2n) is 3.50. The third kappa shape index (κ3) is 2.05. The van der Waals surface area contributed by atoms with Gasteiger partial charge in [0.1, 0.15) is 0 Å². The second-order valence-corrected chi connectivity index (χ2v) is 3.50. The summed E-state index contributed by atoms with van der Waals surface area (Å²) < 4.78 is 31.0. The third-order valence-electron chi connectivity index (χ3n) is 2.02. The van der Waals surface area contributed by atoms with Crippen LogP contribution in [0.3, 0.4) is 0 Å². The van der Waals surface area contributed by atoms with Crippen LogP contribution in [0.1, 0.15) is 18.3 Å². The number of alkyl halides is 2. The first-order chi connectivity index (χ1) is 7.47. The molecule has 0 radical (unpaired) electrons. The molecule has 4 nitrogen and oxygen atoms in total. The van der Waals surface area contributed by atoms with Gasteiger partial charge >= 0.3 is 0 Å². The Morgan fingerprint density at radius 1 is 1.31 bits per heavy atom. The Labute approximate surface area is 90.3 Å². The van der Waals surface area contributed by atoms with Crippen molar-refractivity contribution in [2.45, 2.75) is 19.8 Å². The molecule has 2 aromatic rings. The van der Waals surface area contributed by atoms with Gasteiger partial charge in [-0.25, -0.2) is 8.78 Å². The highest BCUT2D eigenvalue weighted by atomic mass is 19.3. The minimum absolute atomic E-state index is 0.180. The average Bonchev–Trinajstić information content (AvgIpc) is 2.64. The second kappa shape index (κ2) is 3.62. The lowest BCUT2D eigenvalue weighted by molar-refractivity contribution is 0.0171. The fourth-order valence-electron chi connectivity index (χ4n) is 1.21. The molecule has 0 fully saturated rings. The predicted molar refractivity (Wildman–Crippen MR) is 51.8 cm³/mol. The molecular weight excluding hydrogens is 216 g/mol. The van der Waals surface area contributed by atoms with E-state index in [0.717, 1.165) is 13.1 Å². The molecule has 0 aromatic carbocycles. The van der Waals surface area contributed by atoms with Crippen molar-refractivity contribution in [3.8, 4) is 11.5 Å². The Hall–Kier alpha value is -1.85. The molecule has 0 aliphatic rings. The molecule has 2 rings (SSSR count). The van der Waals surface area contributed by atoms with Crippen molar-refractivity contribution in [3.05, 3.63) is 29.8 Å². The van der Waals surface area contributed by atoms with Gasteiger partial charge in [-0.3, -0.25) is 4.98 Å². The van der Waals surface area contributed by atoms with E-state index in [1.807, 2.05) is 0 Å². The molecular formula is C10H9F2N3O. The van der Waals surface area contributed by atoms with Crippen molar-refractivity contribution in [2.24, 2.45) is 0 Å². The van der Waals surface area contributed by atoms with Gasteiger partial charge in [-0.2, -0.15) is 4.98 Å². The Balaban J connectivity index is 2.44. The Morgan fingerprint density at radius 3 is 2.62 bits per heavy atom. The van der Waals surface area contributed by atoms with E-state index in [0.29, 0.717) is 11.4 Å². The van der Waals surface area contributed by atoms with Crippen molar-refractivity contribution in [2.75, 3.05) is 0 Å². The van der Waals surface area contributed by atoms with Crippen molar-refractivity contribution >= 4 is 0 Å². The number of aromatic nitrogens is 3. The summed E-state index contributed by atoms with van der Waals surface area (Å²) in [5.74, 6) is -2.29. The molecule has 16 heavy (non-hydrogen) atoms. The Bertz CT molecular complexity index is 505. The lowest BCUT2D eigenvalue weighted by atomic mass is 10.1. The summed E-state index contributed by atoms with van der Waals surface area (Å²) in [6, 6.07) is 1.29. The molecule has 0 saturated heterocycles. The number of nitrogens with zero attached hydrogens (tertiary/aromatic N) is 3. The maximum absolute atomic E-state index is 13.0.